The van der Waals surface area contributed by atoms with Gasteiger partial charge in [0, 0.05) is 67.3 Å². The van der Waals surface area contributed by atoms with Crippen LogP contribution in [0.5, 0.6) is 5.75 Å². The predicted molar refractivity (Wildman–Crippen MR) is 126 cm³/mol. The number of amides is 1. The maximum atomic E-state index is 13.3. The number of anilines is 2. The summed E-state index contributed by atoms with van der Waals surface area (Å²) in [6, 6.07) is 12.4. The van der Waals surface area contributed by atoms with E-state index in [4.69, 9.17) is 4.74 Å². The molecule has 6 nitrogen and oxygen atoms in total. The molecule has 31 heavy (non-hydrogen) atoms. The van der Waals surface area contributed by atoms with Crippen LogP contribution in [0.2, 0.25) is 0 Å². The van der Waals surface area contributed by atoms with Crippen LogP contribution in [0, 0.1) is 5.92 Å². The molecule has 2 aromatic heterocycles. The molecule has 7 heteroatoms. The summed E-state index contributed by atoms with van der Waals surface area (Å²) >= 11 is 1.74. The predicted octanol–water partition coefficient (Wildman–Crippen LogP) is 3.87. The second kappa shape index (κ2) is 8.75. The molecule has 1 aromatic carbocycles. The highest BCUT2D eigenvalue weighted by Gasteiger charge is 2.32. The number of aromatic nitrogens is 1. The third-order valence-corrected chi connectivity index (χ3v) is 7.32. The van der Waals surface area contributed by atoms with E-state index in [1.54, 1.807) is 18.4 Å². The Bertz CT molecular complexity index is 1060. The van der Waals surface area contributed by atoms with Crippen LogP contribution >= 0.6 is 11.3 Å². The van der Waals surface area contributed by atoms with E-state index >= 15 is 0 Å². The normalized spacial score (nSPS) is 19.6. The highest BCUT2D eigenvalue weighted by Crippen LogP contribution is 2.32. The molecule has 0 N–H and O–H groups in total. The van der Waals surface area contributed by atoms with Crippen molar-refractivity contribution in [2.24, 2.45) is 5.92 Å². The maximum absolute atomic E-state index is 13.3. The van der Waals surface area contributed by atoms with Gasteiger partial charge >= 0.3 is 0 Å². The second-order valence-corrected chi connectivity index (χ2v) is 9.21. The highest BCUT2D eigenvalue weighted by atomic mass is 32.1. The lowest BCUT2D eigenvalue weighted by Crippen LogP contribution is -2.52. The first kappa shape index (κ1) is 20.1. The largest absolute Gasteiger partial charge is 0.497 e. The Kier molecular flexibility index (Phi) is 5.68. The molecule has 2 saturated heterocycles. The standard InChI is InChI=1S/C24H28N4O2S/c1-30-20-6-2-5-19(16-20)26-11-13-27(14-12-26)24(29)18-4-3-10-28(17-18)23-21-8-15-31-22(21)7-9-25-23/h2,5-9,15-16,18H,3-4,10-14,17H2,1H3. The average molecular weight is 437 g/mol. The summed E-state index contributed by atoms with van der Waals surface area (Å²) in [4.78, 5) is 24.7. The Labute approximate surface area is 187 Å². The van der Waals surface area contributed by atoms with Crippen LogP contribution in [0.25, 0.3) is 10.1 Å². The first-order valence-corrected chi connectivity index (χ1v) is 11.9. The number of thiophene rings is 1. The first-order valence-electron chi connectivity index (χ1n) is 11.0. The van der Waals surface area contributed by atoms with E-state index in [-0.39, 0.29) is 5.92 Å². The van der Waals surface area contributed by atoms with Crippen molar-refractivity contribution in [2.75, 3.05) is 56.2 Å². The molecule has 1 atom stereocenters. The summed E-state index contributed by atoms with van der Waals surface area (Å²) in [5.74, 6) is 2.24. The number of carbonyl (C=O) groups is 1. The number of nitrogens with zero attached hydrogens (tertiary/aromatic N) is 4. The number of fused-ring (bicyclic) bond motifs is 1. The maximum Gasteiger partial charge on any atom is 0.227 e. The van der Waals surface area contributed by atoms with Crippen molar-refractivity contribution in [2.45, 2.75) is 12.8 Å². The van der Waals surface area contributed by atoms with Gasteiger partial charge in [-0.3, -0.25) is 4.79 Å². The molecule has 0 radical (unpaired) electrons. The van der Waals surface area contributed by atoms with Crippen molar-refractivity contribution in [3.63, 3.8) is 0 Å². The van der Waals surface area contributed by atoms with Crippen molar-refractivity contribution < 1.29 is 9.53 Å². The Balaban J connectivity index is 1.23. The van der Waals surface area contributed by atoms with Gasteiger partial charge in [-0.15, -0.1) is 11.3 Å². The van der Waals surface area contributed by atoms with Gasteiger partial charge in [0.25, 0.3) is 0 Å². The van der Waals surface area contributed by atoms with Crippen molar-refractivity contribution in [3.8, 4) is 5.75 Å². The van der Waals surface area contributed by atoms with E-state index in [2.05, 4.69) is 49.3 Å². The Morgan fingerprint density at radius 1 is 1.10 bits per heavy atom. The van der Waals surface area contributed by atoms with Crippen LogP contribution in [0.4, 0.5) is 11.5 Å². The summed E-state index contributed by atoms with van der Waals surface area (Å²) in [5.41, 5.74) is 1.16. The molecular formula is C24H28N4O2S. The monoisotopic (exact) mass is 436 g/mol. The lowest BCUT2D eigenvalue weighted by Gasteiger charge is -2.40. The van der Waals surface area contributed by atoms with Gasteiger partial charge in [-0.1, -0.05) is 6.07 Å². The van der Waals surface area contributed by atoms with Gasteiger partial charge in [0.05, 0.1) is 13.0 Å². The zero-order chi connectivity index (χ0) is 21.2. The number of pyridine rings is 1. The van der Waals surface area contributed by atoms with E-state index in [0.29, 0.717) is 5.91 Å². The molecule has 4 heterocycles. The quantitative estimate of drug-likeness (QED) is 0.621. The SMILES string of the molecule is COc1cccc(N2CCN(C(=O)C3CCCN(c4nccc5sccc45)C3)CC2)c1. The summed E-state index contributed by atoms with van der Waals surface area (Å²) in [7, 11) is 1.69. The highest BCUT2D eigenvalue weighted by molar-refractivity contribution is 7.17. The minimum absolute atomic E-state index is 0.0489. The summed E-state index contributed by atoms with van der Waals surface area (Å²) < 4.78 is 6.61. The molecule has 1 amide bonds. The summed E-state index contributed by atoms with van der Waals surface area (Å²) in [5, 5.41) is 3.32. The van der Waals surface area contributed by atoms with E-state index < -0.39 is 0 Å². The van der Waals surface area contributed by atoms with Crippen LogP contribution in [0.3, 0.4) is 0 Å². The molecule has 2 fully saturated rings. The Hall–Kier alpha value is -2.80. The molecule has 0 bridgehead atoms. The lowest BCUT2D eigenvalue weighted by molar-refractivity contribution is -0.136. The number of ether oxygens (including phenoxy) is 1. The van der Waals surface area contributed by atoms with E-state index in [1.807, 2.05) is 18.3 Å². The third-order valence-electron chi connectivity index (χ3n) is 6.44. The minimum Gasteiger partial charge on any atom is -0.497 e. The molecule has 3 aromatic rings. The van der Waals surface area contributed by atoms with Crippen molar-refractivity contribution >= 4 is 38.8 Å². The fourth-order valence-electron chi connectivity index (χ4n) is 4.75. The number of benzene rings is 1. The molecule has 0 saturated carbocycles. The summed E-state index contributed by atoms with van der Waals surface area (Å²) in [6.45, 7) is 4.97. The van der Waals surface area contributed by atoms with Crippen LogP contribution in [-0.4, -0.2) is 62.2 Å². The van der Waals surface area contributed by atoms with Gasteiger partial charge in [0.1, 0.15) is 11.6 Å². The van der Waals surface area contributed by atoms with E-state index in [0.717, 1.165) is 69.4 Å². The smallest absolute Gasteiger partial charge is 0.227 e. The van der Waals surface area contributed by atoms with Crippen LogP contribution in [0.15, 0.2) is 48.0 Å². The number of carbonyl (C=O) groups excluding carboxylic acids is 1. The number of rotatable bonds is 4. The van der Waals surface area contributed by atoms with Gasteiger partial charge in [0.15, 0.2) is 0 Å². The molecule has 1 unspecified atom stereocenters. The van der Waals surface area contributed by atoms with Crippen molar-refractivity contribution in [3.05, 3.63) is 48.0 Å². The molecule has 5 rings (SSSR count). The van der Waals surface area contributed by atoms with Crippen molar-refractivity contribution in [1.29, 1.82) is 0 Å². The number of hydrogen-bond donors (Lipinski definition) is 0. The Morgan fingerprint density at radius 2 is 1.97 bits per heavy atom. The van der Waals surface area contributed by atoms with Crippen LogP contribution in [0.1, 0.15) is 12.8 Å². The lowest BCUT2D eigenvalue weighted by atomic mass is 9.96. The van der Waals surface area contributed by atoms with Gasteiger partial charge in [-0.05, 0) is 42.5 Å². The van der Waals surface area contributed by atoms with Crippen LogP contribution < -0.4 is 14.5 Å². The number of piperidine rings is 1. The van der Waals surface area contributed by atoms with Gasteiger partial charge in [-0.25, -0.2) is 4.98 Å². The fourth-order valence-corrected chi connectivity index (χ4v) is 5.53. The Morgan fingerprint density at radius 3 is 2.81 bits per heavy atom. The molecule has 0 spiro atoms. The molecule has 2 aliphatic heterocycles. The number of methoxy groups -OCH3 is 1. The van der Waals surface area contributed by atoms with Gasteiger partial charge in [-0.2, -0.15) is 0 Å². The fraction of sp³-hybridized carbons (Fsp3) is 0.417. The topological polar surface area (TPSA) is 48.9 Å². The van der Waals surface area contributed by atoms with E-state index in [9.17, 15) is 4.79 Å². The number of piperazine rings is 1. The average Bonchev–Trinajstić information content (AvgIpc) is 3.33. The molecule has 0 aliphatic carbocycles. The minimum atomic E-state index is 0.0489. The van der Waals surface area contributed by atoms with Gasteiger partial charge in [0.2, 0.25) is 5.91 Å². The van der Waals surface area contributed by atoms with E-state index in [1.165, 1.54) is 10.1 Å². The first-order chi connectivity index (χ1) is 15.2. The molecule has 2 aliphatic rings. The zero-order valence-corrected chi connectivity index (χ0v) is 18.7. The molecule has 162 valence electrons. The molecular weight excluding hydrogens is 408 g/mol. The third kappa shape index (κ3) is 4.06. The van der Waals surface area contributed by atoms with Crippen LogP contribution in [-0.2, 0) is 4.79 Å². The zero-order valence-electron chi connectivity index (χ0n) is 17.9. The van der Waals surface area contributed by atoms with Gasteiger partial charge < -0.3 is 19.4 Å². The summed E-state index contributed by atoms with van der Waals surface area (Å²) in [6.07, 6.45) is 3.88. The number of hydrogen-bond acceptors (Lipinski definition) is 6. The second-order valence-electron chi connectivity index (χ2n) is 8.27. The van der Waals surface area contributed by atoms with Crippen molar-refractivity contribution in [1.82, 2.24) is 9.88 Å².